The number of fused-ring (bicyclic) bond motifs is 1. The Hall–Kier alpha value is -0.840. The summed E-state index contributed by atoms with van der Waals surface area (Å²) >= 11 is 10.1. The van der Waals surface area contributed by atoms with Gasteiger partial charge in [-0.3, -0.25) is 0 Å². The van der Waals surface area contributed by atoms with Crippen LogP contribution in [0.15, 0.2) is 33.9 Å². The van der Waals surface area contributed by atoms with Gasteiger partial charge in [-0.2, -0.15) is 0 Å². The van der Waals surface area contributed by atoms with Gasteiger partial charge < -0.3 is 10.1 Å². The van der Waals surface area contributed by atoms with E-state index in [9.17, 15) is 0 Å². The van der Waals surface area contributed by atoms with Crippen LogP contribution in [0, 0.1) is 0 Å². The average molecular weight is 340 g/mol. The molecule has 2 heterocycles. The number of thiophene rings is 1. The number of rotatable bonds is 4. The molecule has 0 radical (unpaired) electrons. The van der Waals surface area contributed by atoms with Crippen LogP contribution >= 0.6 is 34.7 Å². The van der Waals surface area contributed by atoms with Gasteiger partial charge in [0.05, 0.1) is 21.9 Å². The molecule has 0 spiro atoms. The lowest BCUT2D eigenvalue weighted by Crippen LogP contribution is -2.18. The Balaban J connectivity index is 1.80. The highest BCUT2D eigenvalue weighted by Crippen LogP contribution is 2.45. The first-order valence-electron chi connectivity index (χ1n) is 7.10. The Morgan fingerprint density at radius 1 is 1.38 bits per heavy atom. The summed E-state index contributed by atoms with van der Waals surface area (Å²) in [6.45, 7) is 4.87. The SMILES string of the molecule is CCOc1ccc(NC2C[C@H](C)Sc3sccc32)cc1Cl. The van der Waals surface area contributed by atoms with Crippen molar-refractivity contribution in [2.75, 3.05) is 11.9 Å². The van der Waals surface area contributed by atoms with Crippen molar-refractivity contribution in [3.63, 3.8) is 0 Å². The van der Waals surface area contributed by atoms with E-state index in [0.29, 0.717) is 22.9 Å². The van der Waals surface area contributed by atoms with Crippen LogP contribution in [0.4, 0.5) is 5.69 Å². The molecule has 1 aromatic heterocycles. The lowest BCUT2D eigenvalue weighted by Gasteiger charge is -2.28. The summed E-state index contributed by atoms with van der Waals surface area (Å²) in [4.78, 5) is 0. The minimum atomic E-state index is 0.358. The standard InChI is InChI=1S/C16H18ClNOS2/c1-3-19-15-5-4-11(9-13(15)17)18-14-8-10(2)21-16-12(14)6-7-20-16/h4-7,9-10,14,18H,3,8H2,1-2H3/t10-,14?/m0/s1. The van der Waals surface area contributed by atoms with Gasteiger partial charge in [0.25, 0.3) is 0 Å². The van der Waals surface area contributed by atoms with Crippen LogP contribution in [0.2, 0.25) is 5.02 Å². The predicted octanol–water partition coefficient (Wildman–Crippen LogP) is 5.84. The average Bonchev–Trinajstić information content (AvgIpc) is 2.90. The number of hydrogen-bond donors (Lipinski definition) is 1. The maximum absolute atomic E-state index is 6.27. The number of halogens is 1. The molecule has 0 amide bonds. The highest BCUT2D eigenvalue weighted by Gasteiger charge is 2.26. The van der Waals surface area contributed by atoms with Gasteiger partial charge in [-0.1, -0.05) is 18.5 Å². The molecular formula is C16H18ClNOS2. The van der Waals surface area contributed by atoms with E-state index in [0.717, 1.165) is 17.9 Å². The van der Waals surface area contributed by atoms with Crippen LogP contribution in [0.5, 0.6) is 5.75 Å². The molecule has 1 unspecified atom stereocenters. The third kappa shape index (κ3) is 3.33. The summed E-state index contributed by atoms with van der Waals surface area (Å²) in [5.41, 5.74) is 2.46. The Morgan fingerprint density at radius 3 is 3.00 bits per heavy atom. The van der Waals surface area contributed by atoms with E-state index >= 15 is 0 Å². The second-order valence-corrected chi connectivity index (χ2v) is 8.13. The Morgan fingerprint density at radius 2 is 2.24 bits per heavy atom. The second kappa shape index (κ2) is 6.51. The summed E-state index contributed by atoms with van der Waals surface area (Å²) in [7, 11) is 0. The Labute approximate surface area is 138 Å². The smallest absolute Gasteiger partial charge is 0.138 e. The van der Waals surface area contributed by atoms with Crippen molar-refractivity contribution in [1.82, 2.24) is 0 Å². The van der Waals surface area contributed by atoms with E-state index in [-0.39, 0.29) is 0 Å². The van der Waals surface area contributed by atoms with Crippen LogP contribution < -0.4 is 10.1 Å². The molecule has 112 valence electrons. The number of nitrogens with one attached hydrogen (secondary N) is 1. The second-order valence-electron chi connectivity index (χ2n) is 5.10. The summed E-state index contributed by atoms with van der Waals surface area (Å²) in [5.74, 6) is 0.744. The summed E-state index contributed by atoms with van der Waals surface area (Å²) in [6, 6.07) is 8.51. The fourth-order valence-corrected chi connectivity index (χ4v) is 5.35. The number of anilines is 1. The van der Waals surface area contributed by atoms with Gasteiger partial charge in [-0.05, 0) is 48.6 Å². The van der Waals surface area contributed by atoms with Gasteiger partial charge in [-0.15, -0.1) is 23.1 Å². The predicted molar refractivity (Wildman–Crippen MR) is 93.2 cm³/mol. The number of thioether (sulfide) groups is 1. The largest absolute Gasteiger partial charge is 0.492 e. The van der Waals surface area contributed by atoms with Gasteiger partial charge >= 0.3 is 0 Å². The van der Waals surface area contributed by atoms with Crippen LogP contribution in [-0.2, 0) is 0 Å². The van der Waals surface area contributed by atoms with E-state index < -0.39 is 0 Å². The van der Waals surface area contributed by atoms with Crippen molar-refractivity contribution in [3.8, 4) is 5.75 Å². The summed E-state index contributed by atoms with van der Waals surface area (Å²) in [5, 5.41) is 7.08. The molecule has 0 fully saturated rings. The molecule has 1 aliphatic rings. The van der Waals surface area contributed by atoms with Gasteiger partial charge in [0.2, 0.25) is 0 Å². The van der Waals surface area contributed by atoms with Crippen LogP contribution in [-0.4, -0.2) is 11.9 Å². The minimum Gasteiger partial charge on any atom is -0.492 e. The van der Waals surface area contributed by atoms with E-state index in [1.54, 1.807) is 0 Å². The molecule has 0 aliphatic carbocycles. The quantitative estimate of drug-likeness (QED) is 0.756. The molecule has 21 heavy (non-hydrogen) atoms. The van der Waals surface area contributed by atoms with Gasteiger partial charge in [-0.25, -0.2) is 0 Å². The zero-order valence-corrected chi connectivity index (χ0v) is 14.4. The first kappa shape index (κ1) is 15.1. The molecule has 1 aromatic carbocycles. The van der Waals surface area contributed by atoms with Crippen LogP contribution in [0.25, 0.3) is 0 Å². The monoisotopic (exact) mass is 339 g/mol. The van der Waals surface area contributed by atoms with Crippen molar-refractivity contribution < 1.29 is 4.74 Å². The van der Waals surface area contributed by atoms with Crippen molar-refractivity contribution in [1.29, 1.82) is 0 Å². The molecule has 0 bridgehead atoms. The molecule has 1 aliphatic heterocycles. The van der Waals surface area contributed by atoms with E-state index in [1.165, 1.54) is 9.77 Å². The Kier molecular flexibility index (Phi) is 4.67. The first-order valence-corrected chi connectivity index (χ1v) is 9.24. The highest BCUT2D eigenvalue weighted by atomic mass is 35.5. The number of hydrogen-bond acceptors (Lipinski definition) is 4. The fraction of sp³-hybridized carbons (Fsp3) is 0.375. The molecule has 2 nitrogen and oxygen atoms in total. The van der Waals surface area contributed by atoms with E-state index in [1.807, 2.05) is 48.2 Å². The van der Waals surface area contributed by atoms with Crippen LogP contribution in [0.3, 0.4) is 0 Å². The Bertz CT molecular complexity index is 628. The van der Waals surface area contributed by atoms with Crippen molar-refractivity contribution in [2.24, 2.45) is 0 Å². The van der Waals surface area contributed by atoms with E-state index in [2.05, 4.69) is 23.7 Å². The fourth-order valence-electron chi connectivity index (χ4n) is 2.55. The topological polar surface area (TPSA) is 21.3 Å². The third-order valence-electron chi connectivity index (χ3n) is 3.48. The van der Waals surface area contributed by atoms with Crippen molar-refractivity contribution in [3.05, 3.63) is 40.2 Å². The third-order valence-corrected chi connectivity index (χ3v) is 6.12. The molecule has 0 saturated heterocycles. The summed E-state index contributed by atoms with van der Waals surface area (Å²) < 4.78 is 6.91. The molecule has 2 aromatic rings. The van der Waals surface area contributed by atoms with Crippen LogP contribution in [0.1, 0.15) is 31.9 Å². The van der Waals surface area contributed by atoms with Crippen molar-refractivity contribution in [2.45, 2.75) is 35.8 Å². The molecule has 0 saturated carbocycles. The maximum atomic E-state index is 6.27. The molecule has 2 atom stereocenters. The highest BCUT2D eigenvalue weighted by molar-refractivity contribution is 8.01. The lowest BCUT2D eigenvalue weighted by molar-refractivity contribution is 0.340. The van der Waals surface area contributed by atoms with Gasteiger partial charge in [0.1, 0.15) is 5.75 Å². The van der Waals surface area contributed by atoms with E-state index in [4.69, 9.17) is 16.3 Å². The molecular weight excluding hydrogens is 322 g/mol. The first-order chi connectivity index (χ1) is 10.2. The summed E-state index contributed by atoms with van der Waals surface area (Å²) in [6.07, 6.45) is 1.12. The zero-order valence-electron chi connectivity index (χ0n) is 12.1. The van der Waals surface area contributed by atoms with Crippen molar-refractivity contribution >= 4 is 40.4 Å². The maximum Gasteiger partial charge on any atom is 0.138 e. The molecule has 1 N–H and O–H groups in total. The van der Waals surface area contributed by atoms with Gasteiger partial charge in [0.15, 0.2) is 0 Å². The normalized spacial score (nSPS) is 20.9. The number of benzene rings is 1. The minimum absolute atomic E-state index is 0.358. The zero-order chi connectivity index (χ0) is 14.8. The number of ether oxygens (including phenoxy) is 1. The van der Waals surface area contributed by atoms with Gasteiger partial charge in [0, 0.05) is 10.9 Å². The molecule has 5 heteroatoms. The molecule has 3 rings (SSSR count). The lowest BCUT2D eigenvalue weighted by atomic mass is 10.0.